The molecule has 0 bridgehead atoms. The Balaban J connectivity index is 0. The molecule has 0 aromatic rings. The van der Waals surface area contributed by atoms with Crippen molar-refractivity contribution < 1.29 is 4.39 Å². The fourth-order valence-electron chi connectivity index (χ4n) is 2.60. The van der Waals surface area contributed by atoms with Gasteiger partial charge in [0.1, 0.15) is 5.67 Å². The molecule has 0 radical (unpaired) electrons. The molecule has 122 valence electrons. The highest BCUT2D eigenvalue weighted by Gasteiger charge is 2.50. The molecule has 0 fully saturated rings. The second-order valence-corrected chi connectivity index (χ2v) is 7.53. The van der Waals surface area contributed by atoms with Gasteiger partial charge in [-0.3, -0.25) is 0 Å². The van der Waals surface area contributed by atoms with Gasteiger partial charge in [0.2, 0.25) is 0 Å². The van der Waals surface area contributed by atoms with Crippen LogP contribution in [0.25, 0.3) is 0 Å². The Bertz CT molecular complexity index is 268. The van der Waals surface area contributed by atoms with Crippen molar-refractivity contribution in [2.45, 2.75) is 100 Å². The van der Waals surface area contributed by atoms with E-state index >= 15 is 0 Å². The molecule has 0 N–H and O–H groups in total. The van der Waals surface area contributed by atoms with Gasteiger partial charge in [0, 0.05) is 5.41 Å². The molecule has 0 aromatic heterocycles. The molecule has 1 unspecified atom stereocenters. The summed E-state index contributed by atoms with van der Waals surface area (Å²) in [6, 6.07) is 0. The number of allylic oxidation sites excluding steroid dienone is 1. The van der Waals surface area contributed by atoms with E-state index in [4.69, 9.17) is 0 Å². The van der Waals surface area contributed by atoms with Crippen LogP contribution in [0, 0.1) is 10.8 Å². The van der Waals surface area contributed by atoms with Crippen LogP contribution in [0.15, 0.2) is 12.2 Å². The molecule has 1 atom stereocenters. The van der Waals surface area contributed by atoms with Crippen LogP contribution >= 0.6 is 0 Å². The number of halogens is 1. The van der Waals surface area contributed by atoms with Gasteiger partial charge in [-0.1, -0.05) is 72.8 Å². The minimum atomic E-state index is -1.19. The molecule has 20 heavy (non-hydrogen) atoms. The Kier molecular flexibility index (Phi) is 9.71. The van der Waals surface area contributed by atoms with E-state index in [2.05, 4.69) is 41.2 Å². The third-order valence-corrected chi connectivity index (χ3v) is 5.05. The van der Waals surface area contributed by atoms with E-state index in [1.54, 1.807) is 13.8 Å². The average Bonchev–Trinajstić information content (AvgIpc) is 2.28. The summed E-state index contributed by atoms with van der Waals surface area (Å²) in [5.41, 5.74) is -0.513. The molecule has 0 nitrogen and oxygen atoms in total. The molecule has 0 heterocycles. The van der Waals surface area contributed by atoms with Crippen molar-refractivity contribution in [3.05, 3.63) is 12.2 Å². The third-order valence-electron chi connectivity index (χ3n) is 5.05. The lowest BCUT2D eigenvalue weighted by Crippen LogP contribution is -2.48. The lowest BCUT2D eigenvalue weighted by molar-refractivity contribution is -0.0608. The molecule has 0 rings (SSSR count). The first kappa shape index (κ1) is 22.0. The van der Waals surface area contributed by atoms with Gasteiger partial charge in [0.25, 0.3) is 0 Å². The van der Waals surface area contributed by atoms with Gasteiger partial charge in [-0.05, 0) is 32.6 Å². The maximum Gasteiger partial charge on any atom is 0.111 e. The van der Waals surface area contributed by atoms with E-state index in [1.807, 2.05) is 13.8 Å². The molecule has 1 heteroatoms. The SMILES string of the molecule is C=C(C)CC(C)(C(C)(C)F)C(C)(C)CC.CCCCC. The lowest BCUT2D eigenvalue weighted by atomic mass is 9.56. The first-order chi connectivity index (χ1) is 8.89. The van der Waals surface area contributed by atoms with Crippen LogP contribution in [0.5, 0.6) is 0 Å². The van der Waals surface area contributed by atoms with Crippen LogP contribution in [-0.2, 0) is 0 Å². The topological polar surface area (TPSA) is 0 Å². The van der Waals surface area contributed by atoms with Crippen molar-refractivity contribution >= 4 is 0 Å². The minimum Gasteiger partial charge on any atom is -0.244 e. The zero-order valence-corrected chi connectivity index (χ0v) is 15.6. The van der Waals surface area contributed by atoms with Gasteiger partial charge in [0.05, 0.1) is 0 Å². The molecule has 0 aliphatic heterocycles. The van der Waals surface area contributed by atoms with Crippen LogP contribution in [0.1, 0.15) is 94.4 Å². The molecule has 0 spiro atoms. The largest absolute Gasteiger partial charge is 0.244 e. The summed E-state index contributed by atoms with van der Waals surface area (Å²) >= 11 is 0. The average molecular weight is 287 g/mol. The molecule has 0 saturated carbocycles. The fraction of sp³-hybridized carbons (Fsp3) is 0.895. The first-order valence-corrected chi connectivity index (χ1v) is 8.22. The minimum absolute atomic E-state index is 0.0236. The highest BCUT2D eigenvalue weighted by molar-refractivity contribution is 5.07. The number of hydrogen-bond donors (Lipinski definition) is 0. The summed E-state index contributed by atoms with van der Waals surface area (Å²) < 4.78 is 14.4. The quantitative estimate of drug-likeness (QED) is 0.429. The summed E-state index contributed by atoms with van der Waals surface area (Å²) in [5, 5.41) is 0. The van der Waals surface area contributed by atoms with Crippen LogP contribution in [0.2, 0.25) is 0 Å². The van der Waals surface area contributed by atoms with Gasteiger partial charge in [-0.25, -0.2) is 4.39 Å². The van der Waals surface area contributed by atoms with E-state index in [1.165, 1.54) is 19.3 Å². The second-order valence-electron chi connectivity index (χ2n) is 7.53. The molecule has 0 amide bonds. The third kappa shape index (κ3) is 6.41. The van der Waals surface area contributed by atoms with Crippen molar-refractivity contribution in [1.82, 2.24) is 0 Å². The van der Waals surface area contributed by atoms with Crippen molar-refractivity contribution in [2.24, 2.45) is 10.8 Å². The van der Waals surface area contributed by atoms with Crippen LogP contribution in [0.3, 0.4) is 0 Å². The summed E-state index contributed by atoms with van der Waals surface area (Å²) in [6.45, 7) is 22.2. The number of unbranched alkanes of at least 4 members (excludes halogenated alkanes) is 2. The normalized spacial score (nSPS) is 15.1. The van der Waals surface area contributed by atoms with Gasteiger partial charge in [-0.2, -0.15) is 0 Å². The first-order valence-electron chi connectivity index (χ1n) is 8.22. The van der Waals surface area contributed by atoms with Crippen LogP contribution in [0.4, 0.5) is 4.39 Å². The van der Waals surface area contributed by atoms with Crippen LogP contribution in [-0.4, -0.2) is 5.67 Å². The predicted octanol–water partition coefficient (Wildman–Crippen LogP) is 7.34. The second kappa shape index (κ2) is 8.85. The van der Waals surface area contributed by atoms with Gasteiger partial charge in [0.15, 0.2) is 0 Å². The smallest absolute Gasteiger partial charge is 0.111 e. The Morgan fingerprint density at radius 1 is 0.950 bits per heavy atom. The maximum atomic E-state index is 14.4. The molecule has 0 saturated heterocycles. The highest BCUT2D eigenvalue weighted by atomic mass is 19.1. The Morgan fingerprint density at radius 2 is 1.35 bits per heavy atom. The number of alkyl halides is 1. The summed E-state index contributed by atoms with van der Waals surface area (Å²) in [6.07, 6.45) is 5.80. The molecular weight excluding hydrogens is 247 g/mol. The van der Waals surface area contributed by atoms with E-state index in [0.29, 0.717) is 0 Å². The number of hydrogen-bond acceptors (Lipinski definition) is 0. The molecule has 0 aromatic carbocycles. The van der Waals surface area contributed by atoms with E-state index in [0.717, 1.165) is 18.4 Å². The van der Waals surface area contributed by atoms with Crippen molar-refractivity contribution in [3.8, 4) is 0 Å². The Labute approximate surface area is 128 Å². The maximum absolute atomic E-state index is 14.4. The van der Waals surface area contributed by atoms with Gasteiger partial charge in [-0.15, -0.1) is 6.58 Å². The monoisotopic (exact) mass is 286 g/mol. The highest BCUT2D eigenvalue weighted by Crippen LogP contribution is 2.53. The summed E-state index contributed by atoms with van der Waals surface area (Å²) in [4.78, 5) is 0. The zero-order chi connectivity index (χ0) is 16.6. The van der Waals surface area contributed by atoms with E-state index in [-0.39, 0.29) is 10.8 Å². The Hall–Kier alpha value is -0.330. The van der Waals surface area contributed by atoms with E-state index < -0.39 is 5.67 Å². The standard InChI is InChI=1S/C14H27F.C5H12/c1-9-12(4,5)14(8,10-11(2)3)13(6,7)15;1-3-5-4-2/h2,9-10H2,1,3-8H3;3-5H2,1-2H3. The lowest BCUT2D eigenvalue weighted by Gasteiger charge is -2.50. The number of rotatable bonds is 7. The van der Waals surface area contributed by atoms with Gasteiger partial charge >= 0.3 is 0 Å². The summed E-state index contributed by atoms with van der Waals surface area (Å²) in [7, 11) is 0. The predicted molar refractivity (Wildman–Crippen MR) is 92.0 cm³/mol. The molecule has 0 aliphatic rings. The zero-order valence-electron chi connectivity index (χ0n) is 15.6. The Morgan fingerprint density at radius 3 is 1.50 bits per heavy atom. The van der Waals surface area contributed by atoms with E-state index in [9.17, 15) is 4.39 Å². The summed E-state index contributed by atoms with van der Waals surface area (Å²) in [5.74, 6) is 0. The van der Waals surface area contributed by atoms with Crippen molar-refractivity contribution in [3.63, 3.8) is 0 Å². The van der Waals surface area contributed by atoms with Crippen molar-refractivity contribution in [2.75, 3.05) is 0 Å². The van der Waals surface area contributed by atoms with Crippen LogP contribution < -0.4 is 0 Å². The molecular formula is C19H39F. The van der Waals surface area contributed by atoms with Gasteiger partial charge < -0.3 is 0 Å². The van der Waals surface area contributed by atoms with Crippen molar-refractivity contribution in [1.29, 1.82) is 0 Å². The molecule has 0 aliphatic carbocycles. The fourth-order valence-corrected chi connectivity index (χ4v) is 2.60.